The molecule has 0 atom stereocenters. The highest BCUT2D eigenvalue weighted by atomic mass is 16.5. The van der Waals surface area contributed by atoms with Crippen LogP contribution in [0, 0.1) is 0 Å². The summed E-state index contributed by atoms with van der Waals surface area (Å²) >= 11 is 0. The summed E-state index contributed by atoms with van der Waals surface area (Å²) in [5.74, 6) is 0.626. The second-order valence-electron chi connectivity index (χ2n) is 5.36. The van der Waals surface area contributed by atoms with E-state index in [1.54, 1.807) is 24.3 Å². The fraction of sp³-hybridized carbons (Fsp3) is 0.533. The third-order valence-electron chi connectivity index (χ3n) is 3.75. The third kappa shape index (κ3) is 3.87. The average Bonchev–Trinajstić information content (AvgIpc) is 2.90. The first-order valence-electron chi connectivity index (χ1n) is 7.04. The summed E-state index contributed by atoms with van der Waals surface area (Å²) in [5, 5.41) is 12.4. The molecular weight excluding hydrogens is 256 g/mol. The van der Waals surface area contributed by atoms with Crippen LogP contribution in [0.25, 0.3) is 0 Å². The monoisotopic (exact) mass is 278 g/mol. The van der Waals surface area contributed by atoms with Crippen molar-refractivity contribution in [1.29, 1.82) is 0 Å². The van der Waals surface area contributed by atoms with Gasteiger partial charge in [-0.2, -0.15) is 0 Å². The Hall–Kier alpha value is -1.75. The van der Waals surface area contributed by atoms with Crippen LogP contribution in [0.3, 0.4) is 0 Å². The summed E-state index contributed by atoms with van der Waals surface area (Å²) < 4.78 is 5.48. The van der Waals surface area contributed by atoms with Crippen molar-refractivity contribution >= 4 is 11.6 Å². The molecule has 1 aromatic carbocycles. The number of nitrogens with one attached hydrogen (secondary N) is 1. The van der Waals surface area contributed by atoms with E-state index in [4.69, 9.17) is 10.5 Å². The predicted molar refractivity (Wildman–Crippen MR) is 77.4 cm³/mol. The molecule has 0 aliphatic heterocycles. The number of carbonyl (C=O) groups is 1. The van der Waals surface area contributed by atoms with Gasteiger partial charge in [0.2, 0.25) is 5.91 Å². The number of rotatable bonds is 6. The molecule has 110 valence electrons. The Balaban J connectivity index is 1.73. The summed E-state index contributed by atoms with van der Waals surface area (Å²) in [4.78, 5) is 11.9. The number of nitrogen functional groups attached to an aromatic ring is 1. The highest BCUT2D eigenvalue weighted by Gasteiger charge is 2.34. The number of hydrogen-bond donors (Lipinski definition) is 3. The molecule has 0 saturated heterocycles. The summed E-state index contributed by atoms with van der Waals surface area (Å²) in [6.45, 7) is 0.328. The van der Waals surface area contributed by atoms with E-state index in [0.717, 1.165) is 25.7 Å². The largest absolute Gasteiger partial charge is 0.493 e. The lowest BCUT2D eigenvalue weighted by Crippen LogP contribution is -2.49. The minimum absolute atomic E-state index is 0.0115. The zero-order chi connectivity index (χ0) is 14.4. The molecule has 0 spiro atoms. The van der Waals surface area contributed by atoms with E-state index in [1.165, 1.54) is 0 Å². The fourth-order valence-electron chi connectivity index (χ4n) is 2.56. The molecular formula is C15H22N2O3. The number of nitrogens with two attached hydrogens (primary N) is 1. The topological polar surface area (TPSA) is 84.6 Å². The van der Waals surface area contributed by atoms with Gasteiger partial charge in [0.15, 0.2) is 0 Å². The van der Waals surface area contributed by atoms with Crippen molar-refractivity contribution in [2.75, 3.05) is 18.9 Å². The van der Waals surface area contributed by atoms with Gasteiger partial charge in [-0.05, 0) is 37.1 Å². The zero-order valence-electron chi connectivity index (χ0n) is 11.6. The van der Waals surface area contributed by atoms with Crippen molar-refractivity contribution in [2.45, 2.75) is 37.6 Å². The maximum Gasteiger partial charge on any atom is 0.223 e. The third-order valence-corrected chi connectivity index (χ3v) is 3.75. The molecule has 5 heteroatoms. The number of carbonyl (C=O) groups excluding carboxylic acids is 1. The van der Waals surface area contributed by atoms with Gasteiger partial charge in [0.05, 0.1) is 25.2 Å². The Labute approximate surface area is 119 Å². The highest BCUT2D eigenvalue weighted by Crippen LogP contribution is 2.29. The van der Waals surface area contributed by atoms with Gasteiger partial charge in [0, 0.05) is 5.69 Å². The fourth-order valence-corrected chi connectivity index (χ4v) is 2.56. The quantitative estimate of drug-likeness (QED) is 0.688. The lowest BCUT2D eigenvalue weighted by Gasteiger charge is -2.27. The van der Waals surface area contributed by atoms with E-state index in [-0.39, 0.29) is 18.9 Å². The van der Waals surface area contributed by atoms with Crippen molar-refractivity contribution in [3.05, 3.63) is 24.3 Å². The van der Waals surface area contributed by atoms with Crippen LogP contribution in [-0.2, 0) is 4.79 Å². The lowest BCUT2D eigenvalue weighted by atomic mass is 9.99. The van der Waals surface area contributed by atoms with Gasteiger partial charge in [-0.25, -0.2) is 0 Å². The van der Waals surface area contributed by atoms with E-state index in [2.05, 4.69) is 5.32 Å². The number of aliphatic hydroxyl groups excluding tert-OH is 1. The number of ether oxygens (including phenoxy) is 1. The molecule has 1 aliphatic rings. The van der Waals surface area contributed by atoms with E-state index in [9.17, 15) is 9.90 Å². The van der Waals surface area contributed by atoms with Crippen LogP contribution in [0.1, 0.15) is 32.1 Å². The van der Waals surface area contributed by atoms with E-state index >= 15 is 0 Å². The summed E-state index contributed by atoms with van der Waals surface area (Å²) in [7, 11) is 0. The molecule has 0 radical (unpaired) electrons. The van der Waals surface area contributed by atoms with Gasteiger partial charge in [0.25, 0.3) is 0 Å². The lowest BCUT2D eigenvalue weighted by molar-refractivity contribution is -0.124. The molecule has 1 saturated carbocycles. The van der Waals surface area contributed by atoms with E-state index in [1.807, 2.05) is 0 Å². The van der Waals surface area contributed by atoms with Gasteiger partial charge < -0.3 is 20.9 Å². The average molecular weight is 278 g/mol. The van der Waals surface area contributed by atoms with Crippen LogP contribution < -0.4 is 15.8 Å². The van der Waals surface area contributed by atoms with Gasteiger partial charge in [-0.15, -0.1) is 0 Å². The second kappa shape index (κ2) is 6.61. The van der Waals surface area contributed by atoms with Crippen molar-refractivity contribution in [2.24, 2.45) is 0 Å². The zero-order valence-corrected chi connectivity index (χ0v) is 11.6. The molecule has 1 fully saturated rings. The van der Waals surface area contributed by atoms with Gasteiger partial charge >= 0.3 is 0 Å². The first-order valence-corrected chi connectivity index (χ1v) is 7.04. The molecule has 0 bridgehead atoms. The SMILES string of the molecule is Nc1ccc(OCCC(=O)NC2(CO)CCCC2)cc1. The molecule has 4 N–H and O–H groups in total. The van der Waals surface area contributed by atoms with Crippen LogP contribution in [-0.4, -0.2) is 29.8 Å². The standard InChI is InChI=1S/C15H22N2O3/c16-12-3-5-13(6-4-12)20-10-7-14(19)17-15(11-18)8-1-2-9-15/h3-6,18H,1-2,7-11,16H2,(H,17,19). The Morgan fingerprint density at radius 3 is 2.55 bits per heavy atom. The summed E-state index contributed by atoms with van der Waals surface area (Å²) in [6.07, 6.45) is 4.11. The second-order valence-corrected chi connectivity index (χ2v) is 5.36. The van der Waals surface area contributed by atoms with Gasteiger partial charge in [-0.1, -0.05) is 12.8 Å². The smallest absolute Gasteiger partial charge is 0.223 e. The summed E-state index contributed by atoms with van der Waals surface area (Å²) in [6, 6.07) is 7.07. The molecule has 0 aromatic heterocycles. The molecule has 0 unspecified atom stereocenters. The van der Waals surface area contributed by atoms with Crippen molar-refractivity contribution in [1.82, 2.24) is 5.32 Å². The minimum Gasteiger partial charge on any atom is -0.493 e. The molecule has 1 aliphatic carbocycles. The van der Waals surface area contributed by atoms with Gasteiger partial charge in [-0.3, -0.25) is 4.79 Å². The Morgan fingerprint density at radius 1 is 1.30 bits per heavy atom. The first-order chi connectivity index (χ1) is 9.63. The molecule has 0 heterocycles. The minimum atomic E-state index is -0.404. The molecule has 20 heavy (non-hydrogen) atoms. The van der Waals surface area contributed by atoms with E-state index in [0.29, 0.717) is 18.0 Å². The Kier molecular flexibility index (Phi) is 4.84. The summed E-state index contributed by atoms with van der Waals surface area (Å²) in [5.41, 5.74) is 5.86. The van der Waals surface area contributed by atoms with Crippen LogP contribution >= 0.6 is 0 Å². The maximum absolute atomic E-state index is 11.9. The van der Waals surface area contributed by atoms with Crippen LogP contribution in [0.15, 0.2) is 24.3 Å². The number of amides is 1. The maximum atomic E-state index is 11.9. The molecule has 5 nitrogen and oxygen atoms in total. The number of aliphatic hydroxyl groups is 1. The van der Waals surface area contributed by atoms with Crippen molar-refractivity contribution in [3.8, 4) is 5.75 Å². The number of anilines is 1. The Bertz CT molecular complexity index is 439. The van der Waals surface area contributed by atoms with Crippen LogP contribution in [0.5, 0.6) is 5.75 Å². The Morgan fingerprint density at radius 2 is 1.95 bits per heavy atom. The molecule has 1 aromatic rings. The highest BCUT2D eigenvalue weighted by molar-refractivity contribution is 5.77. The number of hydrogen-bond acceptors (Lipinski definition) is 4. The van der Waals surface area contributed by atoms with Crippen LogP contribution in [0.2, 0.25) is 0 Å². The normalized spacial score (nSPS) is 16.9. The number of benzene rings is 1. The molecule has 1 amide bonds. The van der Waals surface area contributed by atoms with Crippen LogP contribution in [0.4, 0.5) is 5.69 Å². The first kappa shape index (κ1) is 14.7. The van der Waals surface area contributed by atoms with E-state index < -0.39 is 5.54 Å². The van der Waals surface area contributed by atoms with Gasteiger partial charge in [0.1, 0.15) is 5.75 Å². The predicted octanol–water partition coefficient (Wildman–Crippen LogP) is 1.46. The van der Waals surface area contributed by atoms with Crippen molar-refractivity contribution in [3.63, 3.8) is 0 Å². The molecule has 2 rings (SSSR count). The van der Waals surface area contributed by atoms with Crippen molar-refractivity contribution < 1.29 is 14.6 Å².